The van der Waals surface area contributed by atoms with Crippen molar-refractivity contribution >= 4 is 22.7 Å². The number of rotatable bonds is 4. The molecule has 0 saturated heterocycles. The summed E-state index contributed by atoms with van der Waals surface area (Å²) < 4.78 is 5.75. The van der Waals surface area contributed by atoms with Gasteiger partial charge in [-0.15, -0.1) is 0 Å². The monoisotopic (exact) mass is 360 g/mol. The van der Waals surface area contributed by atoms with Crippen LogP contribution in [0.3, 0.4) is 0 Å². The van der Waals surface area contributed by atoms with Gasteiger partial charge in [0, 0.05) is 11.3 Å². The normalized spacial score (nSPS) is 24.2. The van der Waals surface area contributed by atoms with Crippen LogP contribution < -0.4 is 4.74 Å². The molecule has 1 fully saturated rings. The van der Waals surface area contributed by atoms with Crippen LogP contribution >= 0.6 is 0 Å². The summed E-state index contributed by atoms with van der Waals surface area (Å²) in [5, 5.41) is 11.5. The first-order valence-corrected chi connectivity index (χ1v) is 9.05. The van der Waals surface area contributed by atoms with Gasteiger partial charge in [-0.2, -0.15) is 0 Å². The van der Waals surface area contributed by atoms with Crippen molar-refractivity contribution in [3.05, 3.63) is 78.4 Å². The summed E-state index contributed by atoms with van der Waals surface area (Å²) in [6.07, 6.45) is 0. The van der Waals surface area contributed by atoms with Crippen molar-refractivity contribution in [1.82, 2.24) is 0 Å². The Balaban J connectivity index is 1.65. The smallest absolute Gasteiger partial charge is 0.315 e. The van der Waals surface area contributed by atoms with Crippen molar-refractivity contribution in [3.63, 3.8) is 0 Å². The Kier molecular flexibility index (Phi) is 4.40. The average molecular weight is 360 g/mol. The van der Waals surface area contributed by atoms with Crippen molar-refractivity contribution in [2.75, 3.05) is 0 Å². The van der Waals surface area contributed by atoms with Crippen LogP contribution in [0, 0.1) is 17.8 Å². The summed E-state index contributed by atoms with van der Waals surface area (Å²) in [5.74, 6) is -2.45. The van der Waals surface area contributed by atoms with E-state index in [4.69, 9.17) is 4.74 Å². The maximum atomic E-state index is 13.0. The number of benzene rings is 3. The van der Waals surface area contributed by atoms with Crippen LogP contribution in [0.15, 0.2) is 72.8 Å². The van der Waals surface area contributed by atoms with E-state index in [1.54, 1.807) is 6.07 Å². The molecule has 3 aromatic rings. The molecule has 27 heavy (non-hydrogen) atoms. The Labute approximate surface area is 157 Å². The number of fused-ring (bicyclic) bond motifs is 1. The molecule has 3 aromatic carbocycles. The van der Waals surface area contributed by atoms with Crippen molar-refractivity contribution in [1.29, 1.82) is 0 Å². The van der Waals surface area contributed by atoms with Crippen molar-refractivity contribution in [3.8, 4) is 5.75 Å². The first-order valence-electron chi connectivity index (χ1n) is 9.05. The van der Waals surface area contributed by atoms with Gasteiger partial charge in [0.05, 0.1) is 11.8 Å². The fraction of sp³-hybridized carbons (Fsp3) is 0.217. The lowest BCUT2D eigenvalue weighted by Crippen LogP contribution is -2.52. The summed E-state index contributed by atoms with van der Waals surface area (Å²) >= 11 is 0. The standard InChI is InChI=1S/C23H20O4/c1-14-19(22(24)25)21(16-9-3-2-4-10-16)20(14)23(26)27-18-13-7-11-15-8-5-6-12-17(15)18/h2-14,19-21H,1H3,(H,24,25)/t14-,19+,20-,21-/m1/s1. The summed E-state index contributed by atoms with van der Waals surface area (Å²) in [7, 11) is 0. The van der Waals surface area contributed by atoms with Gasteiger partial charge in [0.25, 0.3) is 0 Å². The lowest BCUT2D eigenvalue weighted by atomic mass is 9.55. The number of carbonyl (C=O) groups is 2. The molecule has 0 aliphatic heterocycles. The van der Waals surface area contributed by atoms with Crippen LogP contribution in [-0.2, 0) is 9.59 Å². The highest BCUT2D eigenvalue weighted by atomic mass is 16.5. The van der Waals surface area contributed by atoms with Crippen LogP contribution in [0.4, 0.5) is 0 Å². The molecule has 0 amide bonds. The van der Waals surface area contributed by atoms with Crippen LogP contribution in [0.2, 0.25) is 0 Å². The summed E-state index contributed by atoms with van der Waals surface area (Å²) in [5.41, 5.74) is 0.864. The van der Waals surface area contributed by atoms with E-state index < -0.39 is 17.8 Å². The lowest BCUT2D eigenvalue weighted by molar-refractivity contribution is -0.162. The molecule has 0 heterocycles. The second-order valence-electron chi connectivity index (χ2n) is 7.08. The molecule has 4 rings (SSSR count). The minimum Gasteiger partial charge on any atom is -0.481 e. The summed E-state index contributed by atoms with van der Waals surface area (Å²) in [6, 6.07) is 22.7. The molecule has 0 unspecified atom stereocenters. The third-order valence-corrected chi connectivity index (χ3v) is 5.61. The zero-order chi connectivity index (χ0) is 19.0. The van der Waals surface area contributed by atoms with E-state index >= 15 is 0 Å². The SMILES string of the molecule is C[C@H]1[C@@H](C(=O)Oc2cccc3ccccc23)[C@H](c2ccccc2)[C@H]1C(=O)O. The van der Waals surface area contributed by atoms with Crippen molar-refractivity contribution in [2.24, 2.45) is 17.8 Å². The molecular weight excluding hydrogens is 340 g/mol. The first-order chi connectivity index (χ1) is 13.1. The molecule has 1 N–H and O–H groups in total. The van der Waals surface area contributed by atoms with Gasteiger partial charge in [-0.05, 0) is 22.9 Å². The number of hydrogen-bond donors (Lipinski definition) is 1. The third-order valence-electron chi connectivity index (χ3n) is 5.61. The highest BCUT2D eigenvalue weighted by Crippen LogP contribution is 2.53. The number of carbonyl (C=O) groups excluding carboxylic acids is 1. The van der Waals surface area contributed by atoms with Gasteiger partial charge in [0.2, 0.25) is 0 Å². The first kappa shape index (κ1) is 17.3. The van der Waals surface area contributed by atoms with Crippen molar-refractivity contribution in [2.45, 2.75) is 12.8 Å². The molecule has 1 saturated carbocycles. The number of aliphatic carboxylic acids is 1. The largest absolute Gasteiger partial charge is 0.481 e. The van der Waals surface area contributed by atoms with E-state index in [1.165, 1.54) is 0 Å². The van der Waals surface area contributed by atoms with E-state index in [0.29, 0.717) is 5.75 Å². The molecular formula is C23H20O4. The highest BCUT2D eigenvalue weighted by Gasteiger charge is 2.56. The van der Waals surface area contributed by atoms with Gasteiger partial charge in [-0.3, -0.25) is 9.59 Å². The average Bonchev–Trinajstić information content (AvgIpc) is 2.66. The second-order valence-corrected chi connectivity index (χ2v) is 7.08. The Morgan fingerprint density at radius 3 is 2.26 bits per heavy atom. The molecule has 136 valence electrons. The predicted molar refractivity (Wildman–Crippen MR) is 103 cm³/mol. The van der Waals surface area contributed by atoms with Gasteiger partial charge < -0.3 is 9.84 Å². The molecule has 4 atom stereocenters. The molecule has 4 heteroatoms. The fourth-order valence-corrected chi connectivity index (χ4v) is 4.25. The van der Waals surface area contributed by atoms with E-state index in [-0.39, 0.29) is 17.8 Å². The van der Waals surface area contributed by atoms with Crippen LogP contribution in [0.1, 0.15) is 18.4 Å². The van der Waals surface area contributed by atoms with E-state index in [1.807, 2.05) is 73.7 Å². The molecule has 1 aliphatic rings. The quantitative estimate of drug-likeness (QED) is 0.550. The van der Waals surface area contributed by atoms with Crippen LogP contribution in [-0.4, -0.2) is 17.0 Å². The van der Waals surface area contributed by atoms with Gasteiger partial charge in [0.15, 0.2) is 0 Å². The number of ether oxygens (including phenoxy) is 1. The van der Waals surface area contributed by atoms with Gasteiger partial charge in [-0.25, -0.2) is 0 Å². The molecule has 0 radical (unpaired) electrons. The molecule has 1 aliphatic carbocycles. The molecule has 0 spiro atoms. The Morgan fingerprint density at radius 1 is 0.852 bits per heavy atom. The fourth-order valence-electron chi connectivity index (χ4n) is 4.25. The zero-order valence-corrected chi connectivity index (χ0v) is 14.9. The summed E-state index contributed by atoms with van der Waals surface area (Å²) in [6.45, 7) is 1.81. The number of carboxylic acid groups (broad SMARTS) is 1. The molecule has 0 bridgehead atoms. The lowest BCUT2D eigenvalue weighted by Gasteiger charge is -2.47. The van der Waals surface area contributed by atoms with E-state index in [9.17, 15) is 14.7 Å². The number of carboxylic acids is 1. The Bertz CT molecular complexity index is 990. The highest BCUT2D eigenvalue weighted by molar-refractivity contribution is 5.91. The van der Waals surface area contributed by atoms with Crippen LogP contribution in [0.5, 0.6) is 5.75 Å². The second kappa shape index (κ2) is 6.88. The van der Waals surface area contributed by atoms with Crippen LogP contribution in [0.25, 0.3) is 10.8 Å². The maximum Gasteiger partial charge on any atom is 0.315 e. The number of hydrogen-bond acceptors (Lipinski definition) is 3. The minimum absolute atomic E-state index is 0.282. The van der Waals surface area contributed by atoms with E-state index in [0.717, 1.165) is 16.3 Å². The Morgan fingerprint density at radius 2 is 1.52 bits per heavy atom. The maximum absolute atomic E-state index is 13.0. The van der Waals surface area contributed by atoms with E-state index in [2.05, 4.69) is 0 Å². The Hall–Kier alpha value is -3.14. The molecule has 4 nitrogen and oxygen atoms in total. The zero-order valence-electron chi connectivity index (χ0n) is 14.9. The predicted octanol–water partition coefficient (Wildman–Crippen LogP) is 4.50. The number of esters is 1. The van der Waals surface area contributed by atoms with Gasteiger partial charge in [-0.1, -0.05) is 73.7 Å². The summed E-state index contributed by atoms with van der Waals surface area (Å²) in [4.78, 5) is 24.7. The van der Waals surface area contributed by atoms with Gasteiger partial charge >= 0.3 is 11.9 Å². The van der Waals surface area contributed by atoms with Crippen molar-refractivity contribution < 1.29 is 19.4 Å². The third kappa shape index (κ3) is 2.97. The van der Waals surface area contributed by atoms with Gasteiger partial charge in [0.1, 0.15) is 5.75 Å². The molecule has 0 aromatic heterocycles. The minimum atomic E-state index is -0.870. The topological polar surface area (TPSA) is 63.6 Å².